The molecule has 2 atom stereocenters. The van der Waals surface area contributed by atoms with E-state index in [1.807, 2.05) is 29.2 Å². The summed E-state index contributed by atoms with van der Waals surface area (Å²) < 4.78 is 6.42. The Kier molecular flexibility index (Phi) is 8.02. The molecule has 3 fully saturated rings. The first-order chi connectivity index (χ1) is 19.9. The molecule has 3 aromatic rings. The Balaban J connectivity index is 1.18. The maximum atomic E-state index is 13.1. The summed E-state index contributed by atoms with van der Waals surface area (Å²) in [6, 6.07) is 12.2. The molecule has 1 saturated carbocycles. The van der Waals surface area contributed by atoms with E-state index in [2.05, 4.69) is 36.3 Å². The van der Waals surface area contributed by atoms with Gasteiger partial charge < -0.3 is 19.6 Å². The molecule has 41 heavy (non-hydrogen) atoms. The highest BCUT2D eigenvalue weighted by molar-refractivity contribution is 7.14. The number of piperidine rings is 2. The van der Waals surface area contributed by atoms with Gasteiger partial charge in [0.05, 0.1) is 11.6 Å². The number of anilines is 1. The number of carboxylic acid groups (broad SMARTS) is 1. The van der Waals surface area contributed by atoms with Crippen LogP contribution in [-0.4, -0.2) is 53.0 Å². The fourth-order valence-corrected chi connectivity index (χ4v) is 7.79. The zero-order valence-corrected chi connectivity index (χ0v) is 24.8. The van der Waals surface area contributed by atoms with Gasteiger partial charge in [-0.25, -0.2) is 4.98 Å². The van der Waals surface area contributed by atoms with Crippen molar-refractivity contribution in [3.8, 4) is 17.0 Å². The molecule has 6 rings (SSSR count). The van der Waals surface area contributed by atoms with Crippen molar-refractivity contribution in [1.29, 1.82) is 0 Å². The van der Waals surface area contributed by atoms with Crippen molar-refractivity contribution in [2.45, 2.75) is 59.0 Å². The molecule has 1 N–H and O–H groups in total. The number of aromatic nitrogens is 1. The van der Waals surface area contributed by atoms with Gasteiger partial charge in [0.15, 0.2) is 5.13 Å². The SMILES string of the molecule is CCc1cc(C(=O)N2CCCCC2)ccc1COc1ccc(C)cc1-c1csc(N2CC3CCC(C2)C3C(=O)O)n1. The molecule has 1 aromatic heterocycles. The first-order valence-corrected chi connectivity index (χ1v) is 15.9. The zero-order valence-electron chi connectivity index (χ0n) is 24.0. The van der Waals surface area contributed by atoms with Crippen LogP contribution in [-0.2, 0) is 17.8 Å². The standard InChI is InChI=1S/C33H39N3O4S/c1-3-22-16-23(31(37)35-13-5-4-6-14-35)8-11-26(22)19-40-29-12-7-21(2)15-27(29)28-20-41-33(34-28)36-17-24-9-10-25(18-36)30(24)32(38)39/h7-8,11-12,15-16,20,24-25,30H,3-6,9-10,13-14,17-19H2,1-2H3,(H,38,39). The molecule has 2 unspecified atom stereocenters. The fraction of sp³-hybridized carbons (Fsp3) is 0.485. The van der Waals surface area contributed by atoms with Crippen molar-refractivity contribution < 1.29 is 19.4 Å². The largest absolute Gasteiger partial charge is 0.488 e. The van der Waals surface area contributed by atoms with Crippen molar-refractivity contribution in [2.24, 2.45) is 17.8 Å². The molecule has 3 heterocycles. The minimum Gasteiger partial charge on any atom is -0.488 e. The number of likely N-dealkylation sites (tertiary alicyclic amines) is 1. The number of thiazole rings is 1. The van der Waals surface area contributed by atoms with Gasteiger partial charge in [-0.2, -0.15) is 0 Å². The number of benzene rings is 2. The van der Waals surface area contributed by atoms with Gasteiger partial charge in [0.1, 0.15) is 12.4 Å². The average molecular weight is 574 g/mol. The second kappa shape index (κ2) is 11.8. The number of carbonyl (C=O) groups excluding carboxylic acids is 1. The van der Waals surface area contributed by atoms with Crippen molar-refractivity contribution in [1.82, 2.24) is 9.88 Å². The molecule has 2 aromatic carbocycles. The number of aryl methyl sites for hydroxylation is 2. The summed E-state index contributed by atoms with van der Waals surface area (Å²) in [5.74, 6) is 0.455. The highest BCUT2D eigenvalue weighted by Crippen LogP contribution is 2.44. The summed E-state index contributed by atoms with van der Waals surface area (Å²) >= 11 is 1.62. The Morgan fingerprint density at radius 1 is 1.02 bits per heavy atom. The number of hydrogen-bond acceptors (Lipinski definition) is 6. The van der Waals surface area contributed by atoms with E-state index in [1.165, 1.54) is 6.42 Å². The van der Waals surface area contributed by atoms with Crippen LogP contribution in [0.3, 0.4) is 0 Å². The van der Waals surface area contributed by atoms with Crippen LogP contribution >= 0.6 is 11.3 Å². The topological polar surface area (TPSA) is 83.0 Å². The number of rotatable bonds is 8. The molecule has 1 amide bonds. The number of amides is 1. The lowest BCUT2D eigenvalue weighted by Crippen LogP contribution is -2.44. The number of aliphatic carboxylic acids is 1. The van der Waals surface area contributed by atoms with Crippen LogP contribution in [0.4, 0.5) is 5.13 Å². The summed E-state index contributed by atoms with van der Waals surface area (Å²) in [6.07, 6.45) is 6.18. The molecule has 2 aliphatic heterocycles. The monoisotopic (exact) mass is 573 g/mol. The lowest BCUT2D eigenvalue weighted by molar-refractivity contribution is -0.144. The summed E-state index contributed by atoms with van der Waals surface area (Å²) in [5, 5.41) is 12.7. The zero-order chi connectivity index (χ0) is 28.5. The van der Waals surface area contributed by atoms with E-state index >= 15 is 0 Å². The van der Waals surface area contributed by atoms with Crippen molar-refractivity contribution in [2.75, 3.05) is 31.1 Å². The van der Waals surface area contributed by atoms with E-state index in [0.29, 0.717) is 6.61 Å². The number of ether oxygens (including phenoxy) is 1. The summed E-state index contributed by atoms with van der Waals surface area (Å²) in [6.45, 7) is 7.82. The highest BCUT2D eigenvalue weighted by atomic mass is 32.1. The predicted octanol–water partition coefficient (Wildman–Crippen LogP) is 6.43. The third kappa shape index (κ3) is 5.71. The molecular weight excluding hydrogens is 534 g/mol. The Bertz CT molecular complexity index is 1420. The Labute approximate surface area is 246 Å². The molecule has 0 spiro atoms. The van der Waals surface area contributed by atoms with Gasteiger partial charge in [-0.3, -0.25) is 9.59 Å². The van der Waals surface area contributed by atoms with E-state index < -0.39 is 5.97 Å². The lowest BCUT2D eigenvalue weighted by atomic mass is 9.85. The van der Waals surface area contributed by atoms with Crippen LogP contribution < -0.4 is 9.64 Å². The Morgan fingerprint density at radius 2 is 1.78 bits per heavy atom. The normalized spacial score (nSPS) is 22.1. The minimum absolute atomic E-state index is 0.132. The number of fused-ring (bicyclic) bond motifs is 2. The van der Waals surface area contributed by atoms with Crippen LogP contribution in [0.15, 0.2) is 41.8 Å². The molecule has 2 saturated heterocycles. The molecule has 216 valence electrons. The number of carboxylic acids is 1. The van der Waals surface area contributed by atoms with E-state index in [4.69, 9.17) is 9.72 Å². The fourth-order valence-electron chi connectivity index (χ4n) is 6.95. The molecule has 0 radical (unpaired) electrons. The van der Waals surface area contributed by atoms with Crippen molar-refractivity contribution in [3.63, 3.8) is 0 Å². The summed E-state index contributed by atoms with van der Waals surface area (Å²) in [5.41, 5.74) is 5.97. The van der Waals surface area contributed by atoms with Crippen LogP contribution in [0.25, 0.3) is 11.3 Å². The van der Waals surface area contributed by atoms with Gasteiger partial charge in [-0.1, -0.05) is 24.6 Å². The lowest BCUT2D eigenvalue weighted by Gasteiger charge is -2.35. The van der Waals surface area contributed by atoms with E-state index in [0.717, 1.165) is 103 Å². The maximum absolute atomic E-state index is 13.1. The molecule has 2 bridgehead atoms. The highest BCUT2D eigenvalue weighted by Gasteiger charge is 2.46. The van der Waals surface area contributed by atoms with E-state index in [-0.39, 0.29) is 23.7 Å². The summed E-state index contributed by atoms with van der Waals surface area (Å²) in [7, 11) is 0. The van der Waals surface area contributed by atoms with Crippen molar-refractivity contribution >= 4 is 28.3 Å². The number of carbonyl (C=O) groups is 2. The third-order valence-electron chi connectivity index (χ3n) is 9.15. The second-order valence-corrected chi connectivity index (χ2v) is 12.7. The third-order valence-corrected chi connectivity index (χ3v) is 10.1. The number of hydrogen-bond donors (Lipinski definition) is 1. The quantitative estimate of drug-likeness (QED) is 0.334. The van der Waals surface area contributed by atoms with Gasteiger partial charge in [0.2, 0.25) is 0 Å². The minimum atomic E-state index is -0.645. The first kappa shape index (κ1) is 27.8. The van der Waals surface area contributed by atoms with E-state index in [1.54, 1.807) is 11.3 Å². The van der Waals surface area contributed by atoms with Crippen LogP contribution in [0.5, 0.6) is 5.75 Å². The average Bonchev–Trinajstić information content (AvgIpc) is 3.59. The molecule has 8 heteroatoms. The first-order valence-electron chi connectivity index (χ1n) is 15.0. The number of nitrogens with zero attached hydrogens (tertiary/aromatic N) is 3. The molecular formula is C33H39N3O4S. The smallest absolute Gasteiger partial charge is 0.307 e. The summed E-state index contributed by atoms with van der Waals surface area (Å²) in [4.78, 5) is 34.1. The van der Waals surface area contributed by atoms with Crippen LogP contribution in [0.1, 0.15) is 66.1 Å². The Morgan fingerprint density at radius 3 is 2.49 bits per heavy atom. The van der Waals surface area contributed by atoms with Gasteiger partial charge >= 0.3 is 5.97 Å². The van der Waals surface area contributed by atoms with Gasteiger partial charge in [-0.15, -0.1) is 11.3 Å². The van der Waals surface area contributed by atoms with Crippen molar-refractivity contribution in [3.05, 3.63) is 64.0 Å². The van der Waals surface area contributed by atoms with Gasteiger partial charge in [-0.05, 0) is 92.7 Å². The van der Waals surface area contributed by atoms with Crippen LogP contribution in [0.2, 0.25) is 0 Å². The van der Waals surface area contributed by atoms with E-state index in [9.17, 15) is 14.7 Å². The molecule has 3 aliphatic rings. The molecule has 1 aliphatic carbocycles. The maximum Gasteiger partial charge on any atom is 0.307 e. The van der Waals surface area contributed by atoms with Crippen LogP contribution in [0, 0.1) is 24.7 Å². The van der Waals surface area contributed by atoms with Gasteiger partial charge in [0, 0.05) is 42.7 Å². The van der Waals surface area contributed by atoms with Gasteiger partial charge in [0.25, 0.3) is 5.91 Å². The Hall–Kier alpha value is -3.39. The predicted molar refractivity (Wildman–Crippen MR) is 162 cm³/mol. The molecule has 7 nitrogen and oxygen atoms in total. The second-order valence-electron chi connectivity index (χ2n) is 11.9.